The van der Waals surface area contributed by atoms with Crippen LogP contribution in [0.2, 0.25) is 0 Å². The lowest BCUT2D eigenvalue weighted by molar-refractivity contribution is -0.162. The number of likely N-dealkylation sites (N-methyl/N-ethyl adjacent to an activating group) is 1. The number of rotatable bonds is 3. The molecule has 7 N–H and O–H groups in total. The number of phenolic OH excluding ortho intramolecular Hbond substituents is 1. The fourth-order valence-electron chi connectivity index (χ4n) is 5.86. The lowest BCUT2D eigenvalue weighted by atomic mass is 9.55. The minimum Gasteiger partial charge on any atom is -0.510 e. The number of aliphatic hydroxyl groups is 4. The number of aliphatic hydroxyl groups excluding tert-OH is 3. The second-order valence-electron chi connectivity index (χ2n) is 9.21. The summed E-state index contributed by atoms with van der Waals surface area (Å²) in [5.41, 5.74) is 1.21. The van der Waals surface area contributed by atoms with Crippen molar-refractivity contribution in [2.75, 3.05) is 14.1 Å². The van der Waals surface area contributed by atoms with Gasteiger partial charge in [-0.05, 0) is 50.2 Å². The van der Waals surface area contributed by atoms with Gasteiger partial charge in [-0.25, -0.2) is 4.99 Å². The van der Waals surface area contributed by atoms with Crippen molar-refractivity contribution in [1.82, 2.24) is 4.90 Å². The number of phenols is 1. The Morgan fingerprint density at radius 3 is 2.40 bits per heavy atom. The maximum Gasteiger partial charge on any atom is 0.255 e. The first kappa shape index (κ1) is 24.4. The summed E-state index contributed by atoms with van der Waals surface area (Å²) >= 11 is 0. The molecule has 3 aliphatic rings. The summed E-state index contributed by atoms with van der Waals surface area (Å²) in [6.45, 7) is 5.05. The SMILES string of the molecule is C=C=Nc1ccc(O)c2c1C(C)C1C(=C(O)C3(O)C(=O)C(C(N)=O)=C(O)C(N(C)C)C3C1O)C2=O. The van der Waals surface area contributed by atoms with E-state index >= 15 is 0 Å². The van der Waals surface area contributed by atoms with Crippen molar-refractivity contribution in [2.24, 2.45) is 22.6 Å². The van der Waals surface area contributed by atoms with E-state index in [9.17, 15) is 39.9 Å². The minimum atomic E-state index is -2.95. The van der Waals surface area contributed by atoms with Gasteiger partial charge in [0.2, 0.25) is 5.78 Å². The van der Waals surface area contributed by atoms with Crippen LogP contribution in [0.1, 0.15) is 28.8 Å². The molecule has 6 unspecified atom stereocenters. The van der Waals surface area contributed by atoms with Crippen LogP contribution in [0.25, 0.3) is 0 Å². The highest BCUT2D eigenvalue weighted by atomic mass is 16.4. The fraction of sp³-hybridized carbons (Fsp3) is 0.375. The van der Waals surface area contributed by atoms with Gasteiger partial charge in [-0.15, -0.1) is 0 Å². The van der Waals surface area contributed by atoms with Crippen molar-refractivity contribution in [3.63, 3.8) is 0 Å². The number of primary amides is 1. The van der Waals surface area contributed by atoms with E-state index in [4.69, 9.17) is 5.73 Å². The third-order valence-corrected chi connectivity index (χ3v) is 7.29. The zero-order chi connectivity index (χ0) is 26.1. The molecule has 1 aromatic rings. The number of aliphatic imine (C=N–C) groups is 1. The Bertz CT molecular complexity index is 1310. The lowest BCUT2D eigenvalue weighted by Gasteiger charge is -2.53. The van der Waals surface area contributed by atoms with E-state index in [1.807, 2.05) is 0 Å². The molecule has 0 saturated carbocycles. The molecule has 6 atom stereocenters. The molecule has 0 aliphatic heterocycles. The molecule has 35 heavy (non-hydrogen) atoms. The molecule has 0 fully saturated rings. The van der Waals surface area contributed by atoms with Gasteiger partial charge >= 0.3 is 0 Å². The van der Waals surface area contributed by atoms with Gasteiger partial charge in [0, 0.05) is 11.5 Å². The second-order valence-corrected chi connectivity index (χ2v) is 9.21. The minimum absolute atomic E-state index is 0.220. The number of carbonyl (C=O) groups excluding carboxylic acids is 3. The number of aromatic hydroxyl groups is 1. The Morgan fingerprint density at radius 1 is 1.23 bits per heavy atom. The Morgan fingerprint density at radius 2 is 1.86 bits per heavy atom. The maximum absolute atomic E-state index is 13.6. The van der Waals surface area contributed by atoms with Crippen molar-refractivity contribution in [1.29, 1.82) is 0 Å². The molecular formula is C24H25N3O8. The smallest absolute Gasteiger partial charge is 0.255 e. The highest BCUT2D eigenvalue weighted by molar-refractivity contribution is 6.25. The first-order chi connectivity index (χ1) is 16.3. The van der Waals surface area contributed by atoms with E-state index in [1.54, 1.807) is 6.92 Å². The van der Waals surface area contributed by atoms with Gasteiger partial charge in [0.15, 0.2) is 11.4 Å². The number of fused-ring (bicyclic) bond motifs is 3. The predicted octanol–water partition coefficient (Wildman–Crippen LogP) is 0.140. The third kappa shape index (κ3) is 2.96. The van der Waals surface area contributed by atoms with Crippen LogP contribution in [0.3, 0.4) is 0 Å². The summed E-state index contributed by atoms with van der Waals surface area (Å²) in [7, 11) is 2.94. The number of nitrogens with zero attached hydrogens (tertiary/aromatic N) is 2. The van der Waals surface area contributed by atoms with E-state index in [0.29, 0.717) is 0 Å². The normalized spacial score (nSPS) is 32.1. The number of amides is 1. The Hall–Kier alpha value is -3.76. The van der Waals surface area contributed by atoms with Gasteiger partial charge in [0.05, 0.1) is 29.3 Å². The number of hydrogen-bond acceptors (Lipinski definition) is 10. The molecule has 1 aromatic carbocycles. The average molecular weight is 483 g/mol. The zero-order valence-corrected chi connectivity index (χ0v) is 19.2. The first-order valence-electron chi connectivity index (χ1n) is 10.7. The number of ketones is 2. The Kier molecular flexibility index (Phi) is 5.49. The highest BCUT2D eigenvalue weighted by Crippen LogP contribution is 2.56. The molecule has 11 nitrogen and oxygen atoms in total. The molecular weight excluding hydrogens is 458 g/mol. The number of benzene rings is 1. The zero-order valence-electron chi connectivity index (χ0n) is 19.2. The summed E-state index contributed by atoms with van der Waals surface area (Å²) in [5, 5.41) is 55.7. The highest BCUT2D eigenvalue weighted by Gasteiger charge is 2.67. The monoisotopic (exact) mass is 483 g/mol. The molecule has 11 heteroatoms. The van der Waals surface area contributed by atoms with Gasteiger partial charge < -0.3 is 31.3 Å². The number of carbonyl (C=O) groups is 3. The molecule has 0 saturated heterocycles. The fourth-order valence-corrected chi connectivity index (χ4v) is 5.86. The standard InChI is InChI=1S/C24H25N3O8/c1-5-26-9-6-7-10(28)13-11(9)8(2)12-14(18(13)29)21(32)24(35)16(19(12)30)17(27(3)4)20(31)15(22(24)33)23(25)34/h6-8,12,16-17,19,28,30-32,35H,1H2,2-4H3,(H2,25,34). The predicted molar refractivity (Wildman–Crippen MR) is 122 cm³/mol. The van der Waals surface area contributed by atoms with Crippen molar-refractivity contribution in [2.45, 2.75) is 30.6 Å². The largest absolute Gasteiger partial charge is 0.510 e. The molecule has 1 amide bonds. The van der Waals surface area contributed by atoms with Gasteiger partial charge in [0.25, 0.3) is 5.91 Å². The lowest BCUT2D eigenvalue weighted by Crippen LogP contribution is -2.68. The molecule has 3 aliphatic carbocycles. The summed E-state index contributed by atoms with van der Waals surface area (Å²) < 4.78 is 0. The van der Waals surface area contributed by atoms with Gasteiger partial charge in [-0.2, -0.15) is 0 Å². The third-order valence-electron chi connectivity index (χ3n) is 7.29. The second kappa shape index (κ2) is 7.89. The summed E-state index contributed by atoms with van der Waals surface area (Å²) in [5.74, 6) is -7.13. The van der Waals surface area contributed by atoms with Crippen LogP contribution in [-0.2, 0) is 9.59 Å². The molecule has 0 radical (unpaired) electrons. The van der Waals surface area contributed by atoms with Crippen molar-refractivity contribution >= 4 is 29.0 Å². The van der Waals surface area contributed by atoms with Gasteiger partial charge in [-0.1, -0.05) is 6.92 Å². The van der Waals surface area contributed by atoms with Crippen LogP contribution in [0.15, 0.2) is 46.4 Å². The average Bonchev–Trinajstić information content (AvgIpc) is 2.77. The van der Waals surface area contributed by atoms with Gasteiger partial charge in [0.1, 0.15) is 22.8 Å². The molecule has 4 rings (SSSR count). The van der Waals surface area contributed by atoms with Crippen molar-refractivity contribution in [3.8, 4) is 5.75 Å². The Labute approximate surface area is 199 Å². The van der Waals surface area contributed by atoms with E-state index in [-0.39, 0.29) is 16.8 Å². The summed E-state index contributed by atoms with van der Waals surface area (Å²) in [6, 6.07) is 1.34. The van der Waals surface area contributed by atoms with Gasteiger partial charge in [-0.3, -0.25) is 19.3 Å². The maximum atomic E-state index is 13.6. The number of Topliss-reactive ketones (excluding diaryl/α,β-unsaturated/α-hetero) is 2. The summed E-state index contributed by atoms with van der Waals surface area (Å²) in [6.07, 6.45) is -1.67. The topological polar surface area (TPSA) is 194 Å². The first-order valence-corrected chi connectivity index (χ1v) is 10.7. The number of nitrogens with two attached hydrogens (primary N) is 1. The molecule has 0 heterocycles. The van der Waals surface area contributed by atoms with Crippen LogP contribution in [-0.4, -0.2) is 85.6 Å². The van der Waals surface area contributed by atoms with Crippen molar-refractivity contribution in [3.05, 3.63) is 52.5 Å². The van der Waals surface area contributed by atoms with Crippen LogP contribution >= 0.6 is 0 Å². The summed E-state index contributed by atoms with van der Waals surface area (Å²) in [4.78, 5) is 44.3. The molecule has 184 valence electrons. The van der Waals surface area contributed by atoms with E-state index in [1.165, 1.54) is 31.1 Å². The quantitative estimate of drug-likeness (QED) is 0.256. The van der Waals surface area contributed by atoms with Crippen LogP contribution in [0.4, 0.5) is 5.69 Å². The molecule has 0 spiro atoms. The van der Waals surface area contributed by atoms with E-state index in [0.717, 1.165) is 0 Å². The van der Waals surface area contributed by atoms with Crippen LogP contribution in [0, 0.1) is 11.8 Å². The molecule has 0 bridgehead atoms. The van der Waals surface area contributed by atoms with Crippen LogP contribution < -0.4 is 5.73 Å². The number of hydrogen-bond donors (Lipinski definition) is 6. The Balaban J connectivity index is 2.08. The van der Waals surface area contributed by atoms with E-state index < -0.39 is 81.4 Å². The van der Waals surface area contributed by atoms with Crippen LogP contribution in [0.5, 0.6) is 5.75 Å². The molecule has 0 aromatic heterocycles. The van der Waals surface area contributed by atoms with E-state index in [2.05, 4.69) is 17.4 Å². The van der Waals surface area contributed by atoms with Crippen molar-refractivity contribution < 1.29 is 39.9 Å².